The fraction of sp³-hybridized carbons (Fsp3) is 0.500. The number of rotatable bonds is 4. The number of hydrogen-bond acceptors (Lipinski definition) is 4. The van der Waals surface area contributed by atoms with Crippen LogP contribution in [0.15, 0.2) is 18.2 Å². The summed E-state index contributed by atoms with van der Waals surface area (Å²) in [6.07, 6.45) is 1.28. The summed E-state index contributed by atoms with van der Waals surface area (Å²) in [5.41, 5.74) is 0.961. The summed E-state index contributed by atoms with van der Waals surface area (Å²) in [7, 11) is 1.61. The van der Waals surface area contributed by atoms with Crippen molar-refractivity contribution < 1.29 is 14.6 Å². The molecule has 0 aromatic heterocycles. The van der Waals surface area contributed by atoms with Crippen molar-refractivity contribution >= 4 is 5.97 Å². The van der Waals surface area contributed by atoms with E-state index in [4.69, 9.17) is 10.00 Å². The predicted molar refractivity (Wildman–Crippen MR) is 78.0 cm³/mol. The second-order valence-corrected chi connectivity index (χ2v) is 5.78. The zero-order valence-electron chi connectivity index (χ0n) is 12.4. The molecular weight excluding hydrogens is 268 g/mol. The van der Waals surface area contributed by atoms with E-state index in [9.17, 15) is 9.90 Å². The van der Waals surface area contributed by atoms with Gasteiger partial charge in [-0.05, 0) is 51.1 Å². The van der Waals surface area contributed by atoms with E-state index < -0.39 is 11.4 Å². The lowest BCUT2D eigenvalue weighted by Gasteiger charge is -2.36. The molecule has 0 unspecified atom stereocenters. The van der Waals surface area contributed by atoms with Crippen LogP contribution in [0.4, 0.5) is 0 Å². The molecule has 5 heteroatoms. The number of carbonyl (C=O) groups is 1. The van der Waals surface area contributed by atoms with Gasteiger partial charge in [-0.25, -0.2) is 0 Å². The van der Waals surface area contributed by atoms with Crippen molar-refractivity contribution in [1.29, 1.82) is 5.26 Å². The van der Waals surface area contributed by atoms with Gasteiger partial charge in [-0.15, -0.1) is 0 Å². The lowest BCUT2D eigenvalue weighted by atomic mass is 9.80. The Morgan fingerprint density at radius 1 is 1.48 bits per heavy atom. The number of aliphatic carboxylic acids is 1. The number of likely N-dealkylation sites (tertiary alicyclic amines) is 1. The smallest absolute Gasteiger partial charge is 0.309 e. The highest BCUT2D eigenvalue weighted by atomic mass is 16.5. The maximum Gasteiger partial charge on any atom is 0.309 e. The van der Waals surface area contributed by atoms with Gasteiger partial charge in [0.25, 0.3) is 0 Å². The minimum atomic E-state index is -0.716. The van der Waals surface area contributed by atoms with Crippen LogP contribution in [-0.2, 0) is 11.3 Å². The van der Waals surface area contributed by atoms with Crippen molar-refractivity contribution in [3.8, 4) is 11.8 Å². The molecule has 0 spiro atoms. The van der Waals surface area contributed by atoms with Gasteiger partial charge in [0.15, 0.2) is 0 Å². The lowest BCUT2D eigenvalue weighted by Crippen LogP contribution is -2.42. The summed E-state index contributed by atoms with van der Waals surface area (Å²) in [6.45, 7) is 3.96. The monoisotopic (exact) mass is 288 g/mol. The van der Waals surface area contributed by atoms with Gasteiger partial charge in [0, 0.05) is 12.1 Å². The lowest BCUT2D eigenvalue weighted by molar-refractivity contribution is -0.150. The molecule has 21 heavy (non-hydrogen) atoms. The van der Waals surface area contributed by atoms with Crippen LogP contribution in [0.1, 0.15) is 30.9 Å². The van der Waals surface area contributed by atoms with E-state index in [0.29, 0.717) is 24.9 Å². The Labute approximate surface area is 124 Å². The number of piperidine rings is 1. The van der Waals surface area contributed by atoms with E-state index in [-0.39, 0.29) is 0 Å². The second-order valence-electron chi connectivity index (χ2n) is 5.78. The number of benzene rings is 1. The molecule has 0 atom stereocenters. The van der Waals surface area contributed by atoms with Gasteiger partial charge in [0.2, 0.25) is 0 Å². The van der Waals surface area contributed by atoms with Gasteiger partial charge in [-0.2, -0.15) is 5.26 Å². The van der Waals surface area contributed by atoms with E-state index in [1.807, 2.05) is 13.0 Å². The number of methoxy groups -OCH3 is 1. The summed E-state index contributed by atoms with van der Waals surface area (Å²) < 4.78 is 5.34. The fourth-order valence-corrected chi connectivity index (χ4v) is 2.63. The minimum Gasteiger partial charge on any atom is -0.496 e. The molecule has 1 aromatic rings. The van der Waals surface area contributed by atoms with E-state index in [1.54, 1.807) is 19.2 Å². The predicted octanol–water partition coefficient (Wildman–Crippen LogP) is 2.25. The van der Waals surface area contributed by atoms with Gasteiger partial charge in [0.05, 0.1) is 24.2 Å². The molecular formula is C16H20N2O3. The Balaban J connectivity index is 2.07. The van der Waals surface area contributed by atoms with Crippen LogP contribution in [0.25, 0.3) is 0 Å². The van der Waals surface area contributed by atoms with Crippen LogP contribution >= 0.6 is 0 Å². The molecule has 0 aliphatic carbocycles. The zero-order valence-corrected chi connectivity index (χ0v) is 12.4. The van der Waals surface area contributed by atoms with E-state index in [0.717, 1.165) is 24.4 Å². The molecule has 1 saturated heterocycles. The molecule has 0 saturated carbocycles. The van der Waals surface area contributed by atoms with Crippen LogP contribution in [0.3, 0.4) is 0 Å². The molecule has 1 fully saturated rings. The van der Waals surface area contributed by atoms with Gasteiger partial charge in [0.1, 0.15) is 5.75 Å². The van der Waals surface area contributed by atoms with Gasteiger partial charge in [-0.1, -0.05) is 0 Å². The van der Waals surface area contributed by atoms with Crippen LogP contribution in [-0.4, -0.2) is 36.2 Å². The molecule has 1 aliphatic rings. The summed E-state index contributed by atoms with van der Waals surface area (Å²) in [5, 5.41) is 18.2. The Morgan fingerprint density at radius 2 is 2.14 bits per heavy atom. The highest BCUT2D eigenvalue weighted by molar-refractivity contribution is 5.74. The van der Waals surface area contributed by atoms with E-state index in [1.165, 1.54) is 0 Å². The van der Waals surface area contributed by atoms with Crippen LogP contribution < -0.4 is 4.74 Å². The maximum atomic E-state index is 11.3. The first-order valence-electron chi connectivity index (χ1n) is 7.01. The van der Waals surface area contributed by atoms with Crippen molar-refractivity contribution in [3.05, 3.63) is 29.3 Å². The molecule has 1 heterocycles. The Kier molecular flexibility index (Phi) is 4.49. The highest BCUT2D eigenvalue weighted by Crippen LogP contribution is 2.32. The fourth-order valence-electron chi connectivity index (χ4n) is 2.63. The van der Waals surface area contributed by atoms with Crippen LogP contribution in [0.5, 0.6) is 5.75 Å². The van der Waals surface area contributed by atoms with Crippen LogP contribution in [0, 0.1) is 16.7 Å². The molecule has 1 aliphatic heterocycles. The number of nitrogens with zero attached hydrogens (tertiary/aromatic N) is 2. The molecule has 5 nitrogen and oxygen atoms in total. The van der Waals surface area contributed by atoms with E-state index >= 15 is 0 Å². The number of ether oxygens (including phenoxy) is 1. The Bertz CT molecular complexity index is 569. The van der Waals surface area contributed by atoms with Crippen molar-refractivity contribution in [2.75, 3.05) is 20.2 Å². The summed E-state index contributed by atoms with van der Waals surface area (Å²) in [5.74, 6) is 0.0479. The Morgan fingerprint density at radius 3 is 2.67 bits per heavy atom. The first-order chi connectivity index (χ1) is 9.98. The quantitative estimate of drug-likeness (QED) is 0.920. The summed E-state index contributed by atoms with van der Waals surface area (Å²) in [6, 6.07) is 7.51. The standard InChI is InChI=1S/C16H20N2O3/c1-16(15(19)20)5-7-18(8-6-16)11-13-9-12(10-17)3-4-14(13)21-2/h3-4,9H,5-8,11H2,1-2H3,(H,19,20). The van der Waals surface area contributed by atoms with Gasteiger partial charge in [-0.3, -0.25) is 9.69 Å². The Hall–Kier alpha value is -2.06. The topological polar surface area (TPSA) is 73.6 Å². The summed E-state index contributed by atoms with van der Waals surface area (Å²) >= 11 is 0. The van der Waals surface area contributed by atoms with Crippen molar-refractivity contribution in [3.63, 3.8) is 0 Å². The van der Waals surface area contributed by atoms with Crippen molar-refractivity contribution in [1.82, 2.24) is 4.90 Å². The second kappa shape index (κ2) is 6.15. The van der Waals surface area contributed by atoms with Crippen molar-refractivity contribution in [2.45, 2.75) is 26.3 Å². The average molecular weight is 288 g/mol. The number of carboxylic acid groups (broad SMARTS) is 1. The third kappa shape index (κ3) is 3.34. The number of nitriles is 1. The summed E-state index contributed by atoms with van der Waals surface area (Å²) in [4.78, 5) is 13.5. The number of hydrogen-bond donors (Lipinski definition) is 1. The highest BCUT2D eigenvalue weighted by Gasteiger charge is 2.36. The molecule has 1 aromatic carbocycles. The maximum absolute atomic E-state index is 11.3. The molecule has 0 amide bonds. The molecule has 1 N–H and O–H groups in total. The largest absolute Gasteiger partial charge is 0.496 e. The average Bonchev–Trinajstić information content (AvgIpc) is 2.49. The molecule has 2 rings (SSSR count). The van der Waals surface area contributed by atoms with Gasteiger partial charge >= 0.3 is 5.97 Å². The van der Waals surface area contributed by atoms with Gasteiger partial charge < -0.3 is 9.84 Å². The first kappa shape index (κ1) is 15.3. The zero-order chi connectivity index (χ0) is 15.5. The minimum absolute atomic E-state index is 0.609. The first-order valence-corrected chi connectivity index (χ1v) is 7.01. The van der Waals surface area contributed by atoms with Crippen molar-refractivity contribution in [2.24, 2.45) is 5.41 Å². The SMILES string of the molecule is COc1ccc(C#N)cc1CN1CCC(C)(C(=O)O)CC1. The molecule has 0 radical (unpaired) electrons. The third-order valence-electron chi connectivity index (χ3n) is 4.28. The number of carboxylic acids is 1. The third-order valence-corrected chi connectivity index (χ3v) is 4.28. The van der Waals surface area contributed by atoms with E-state index in [2.05, 4.69) is 11.0 Å². The normalized spacial score (nSPS) is 18.0. The van der Waals surface area contributed by atoms with Crippen LogP contribution in [0.2, 0.25) is 0 Å². The molecule has 112 valence electrons. The molecule has 0 bridgehead atoms.